The zero-order chi connectivity index (χ0) is 24.7. The predicted molar refractivity (Wildman–Crippen MR) is 136 cm³/mol. The van der Waals surface area contributed by atoms with Crippen LogP contribution in [-0.2, 0) is 0 Å². The Hall–Kier alpha value is -3.30. The second kappa shape index (κ2) is 9.39. The average Bonchev–Trinajstić information content (AvgIpc) is 3.19. The number of nitrogens with zero attached hydrogens (tertiary/aromatic N) is 2. The molecule has 1 heterocycles. The fourth-order valence-corrected chi connectivity index (χ4v) is 7.23. The number of nitro benzene ring substituents is 2. The van der Waals surface area contributed by atoms with Gasteiger partial charge in [-0.15, -0.1) is 23.4 Å². The smallest absolute Gasteiger partial charge is 0.282 e. The third-order valence-electron chi connectivity index (χ3n) is 6.83. The molecule has 35 heavy (non-hydrogen) atoms. The van der Waals surface area contributed by atoms with Crippen LogP contribution >= 0.6 is 23.4 Å². The predicted octanol–water partition coefficient (Wildman–Crippen LogP) is 6.55. The van der Waals surface area contributed by atoms with Gasteiger partial charge in [0.1, 0.15) is 5.75 Å². The molecule has 1 aliphatic carbocycles. The molecule has 1 fully saturated rings. The molecular weight excluding hydrogens is 490 g/mol. The van der Waals surface area contributed by atoms with Gasteiger partial charge in [-0.2, -0.15) is 0 Å². The Balaban J connectivity index is 1.54. The minimum atomic E-state index is -0.414. The van der Waals surface area contributed by atoms with Crippen LogP contribution in [0.15, 0.2) is 71.6 Å². The second-order valence-corrected chi connectivity index (χ2v) is 10.4. The van der Waals surface area contributed by atoms with Gasteiger partial charge in [-0.3, -0.25) is 20.2 Å². The lowest BCUT2D eigenvalue weighted by Gasteiger charge is -2.38. The number of ether oxygens (including phenoxy) is 1. The lowest BCUT2D eigenvalue weighted by molar-refractivity contribution is -0.387. The van der Waals surface area contributed by atoms with Gasteiger partial charge >= 0.3 is 0 Å². The number of para-hydroxylation sites is 2. The van der Waals surface area contributed by atoms with E-state index in [9.17, 15) is 20.2 Å². The highest BCUT2D eigenvalue weighted by Gasteiger charge is 2.51. The number of anilines is 1. The number of halogens is 1. The Morgan fingerprint density at radius 1 is 1.00 bits per heavy atom. The Morgan fingerprint density at radius 2 is 1.74 bits per heavy atom. The number of fused-ring (bicyclic) bond motifs is 3. The molecule has 2 aliphatic rings. The van der Waals surface area contributed by atoms with Crippen LogP contribution in [0.1, 0.15) is 29.5 Å². The van der Waals surface area contributed by atoms with E-state index in [2.05, 4.69) is 5.32 Å². The molecule has 1 saturated carbocycles. The third-order valence-corrected chi connectivity index (χ3v) is 8.95. The number of hydrogen-bond acceptors (Lipinski definition) is 7. The summed E-state index contributed by atoms with van der Waals surface area (Å²) in [6.45, 7) is 0. The molecule has 0 spiro atoms. The van der Waals surface area contributed by atoms with Crippen LogP contribution in [0.3, 0.4) is 0 Å². The van der Waals surface area contributed by atoms with Gasteiger partial charge in [0.25, 0.3) is 11.4 Å². The quantitative estimate of drug-likeness (QED) is 0.227. The van der Waals surface area contributed by atoms with Gasteiger partial charge in [-0.1, -0.05) is 36.4 Å². The van der Waals surface area contributed by atoms with Crippen LogP contribution < -0.4 is 10.1 Å². The minimum Gasteiger partial charge on any atom is -0.495 e. The number of benzene rings is 3. The Kier molecular flexibility index (Phi) is 6.29. The first-order chi connectivity index (χ1) is 16.9. The summed E-state index contributed by atoms with van der Waals surface area (Å²) in [5.74, 6) is 0.758. The van der Waals surface area contributed by atoms with E-state index in [1.807, 2.05) is 18.2 Å². The van der Waals surface area contributed by atoms with Crippen molar-refractivity contribution in [1.29, 1.82) is 0 Å². The molecular formula is C25H22ClN3O5S. The molecule has 5 rings (SSSR count). The number of rotatable bonds is 6. The summed E-state index contributed by atoms with van der Waals surface area (Å²) in [6.07, 6.45) is 0.723. The van der Waals surface area contributed by atoms with Crippen molar-refractivity contribution in [2.24, 2.45) is 5.92 Å². The van der Waals surface area contributed by atoms with Gasteiger partial charge in [0.2, 0.25) is 0 Å². The fraction of sp³-hybridized carbons (Fsp3) is 0.280. The van der Waals surface area contributed by atoms with Gasteiger partial charge in [0.15, 0.2) is 0 Å². The highest BCUT2D eigenvalue weighted by Crippen LogP contribution is 2.59. The van der Waals surface area contributed by atoms with Crippen molar-refractivity contribution in [3.8, 4) is 5.75 Å². The van der Waals surface area contributed by atoms with Gasteiger partial charge in [0.05, 0.1) is 39.0 Å². The zero-order valence-electron chi connectivity index (χ0n) is 18.7. The number of thioether (sulfide) groups is 1. The normalized spacial score (nSPS) is 24.7. The molecule has 0 bridgehead atoms. The monoisotopic (exact) mass is 511 g/mol. The van der Waals surface area contributed by atoms with Gasteiger partial charge < -0.3 is 10.1 Å². The van der Waals surface area contributed by atoms with E-state index in [0.29, 0.717) is 10.6 Å². The van der Waals surface area contributed by atoms with Crippen LogP contribution in [0.4, 0.5) is 17.1 Å². The van der Waals surface area contributed by atoms with Crippen molar-refractivity contribution in [2.75, 3.05) is 12.4 Å². The first-order valence-electron chi connectivity index (χ1n) is 11.1. The minimum absolute atomic E-state index is 0.0246. The van der Waals surface area contributed by atoms with Gasteiger partial charge in [0, 0.05) is 29.4 Å². The van der Waals surface area contributed by atoms with E-state index in [0.717, 1.165) is 23.2 Å². The molecule has 0 radical (unpaired) electrons. The van der Waals surface area contributed by atoms with Crippen molar-refractivity contribution in [3.63, 3.8) is 0 Å². The SMILES string of the molecule is COc1cccc2c1N[C@H](c1ccc([N+](=O)[O-])cc1)[C@H]1C[C@@H](Sc3ccccc3[N+](=O)[O-])[C@@H](Cl)[C@H]21. The van der Waals surface area contributed by atoms with E-state index < -0.39 is 4.92 Å². The van der Waals surface area contributed by atoms with E-state index >= 15 is 0 Å². The van der Waals surface area contributed by atoms with Crippen LogP contribution in [0.5, 0.6) is 5.75 Å². The largest absolute Gasteiger partial charge is 0.495 e. The van der Waals surface area contributed by atoms with Crippen molar-refractivity contribution in [3.05, 3.63) is 98.1 Å². The van der Waals surface area contributed by atoms with Gasteiger partial charge in [-0.05, 0) is 35.6 Å². The molecule has 1 N–H and O–H groups in total. The molecule has 5 atom stereocenters. The number of nitrogens with one attached hydrogen (secondary N) is 1. The Labute approximate surface area is 210 Å². The number of non-ortho nitro benzene ring substituents is 1. The molecule has 3 aromatic rings. The molecule has 8 nitrogen and oxygen atoms in total. The molecule has 3 aromatic carbocycles. The molecule has 10 heteroatoms. The summed E-state index contributed by atoms with van der Waals surface area (Å²) < 4.78 is 5.62. The standard InChI is InChI=1S/C25H22ClN3O5S/c1-34-19-7-4-5-16-22-17(24(27-25(16)19)14-9-11-15(12-10-14)28(30)31)13-21(23(22)26)35-20-8-3-2-6-18(20)29(32)33/h2-12,17,21-24,27H,13H2,1H3/t17-,21+,22+,23+,24+/m0/s1. The molecule has 0 saturated heterocycles. The first-order valence-corrected chi connectivity index (χ1v) is 12.4. The maximum absolute atomic E-state index is 11.6. The summed E-state index contributed by atoms with van der Waals surface area (Å²) in [5, 5.41) is 26.0. The molecule has 1 aliphatic heterocycles. The van der Waals surface area contributed by atoms with Crippen molar-refractivity contribution < 1.29 is 14.6 Å². The molecule has 0 amide bonds. The van der Waals surface area contributed by atoms with E-state index in [-0.39, 0.29) is 44.8 Å². The lowest BCUT2D eigenvalue weighted by Crippen LogP contribution is -2.31. The van der Waals surface area contributed by atoms with Gasteiger partial charge in [-0.25, -0.2) is 0 Å². The van der Waals surface area contributed by atoms with Crippen LogP contribution in [0.25, 0.3) is 0 Å². The fourth-order valence-electron chi connectivity index (χ4n) is 5.29. The summed E-state index contributed by atoms with van der Waals surface area (Å²) in [5.41, 5.74) is 2.94. The first kappa shape index (κ1) is 23.4. The molecule has 180 valence electrons. The van der Waals surface area contributed by atoms with Crippen LogP contribution in [-0.4, -0.2) is 27.6 Å². The second-order valence-electron chi connectivity index (χ2n) is 8.65. The van der Waals surface area contributed by atoms with Crippen LogP contribution in [0.2, 0.25) is 0 Å². The highest BCUT2D eigenvalue weighted by molar-refractivity contribution is 8.00. The van der Waals surface area contributed by atoms with Crippen molar-refractivity contribution >= 4 is 40.4 Å². The van der Waals surface area contributed by atoms with Crippen LogP contribution in [0, 0.1) is 26.1 Å². The number of nitro groups is 2. The number of alkyl halides is 1. The van der Waals surface area contributed by atoms with Crippen molar-refractivity contribution in [2.45, 2.75) is 33.9 Å². The van der Waals surface area contributed by atoms with E-state index in [1.54, 1.807) is 37.4 Å². The number of methoxy groups -OCH3 is 1. The van der Waals surface area contributed by atoms with E-state index in [4.69, 9.17) is 16.3 Å². The topological polar surface area (TPSA) is 108 Å². The Bertz CT molecular complexity index is 1290. The van der Waals surface area contributed by atoms with Crippen molar-refractivity contribution in [1.82, 2.24) is 0 Å². The Morgan fingerprint density at radius 3 is 2.43 bits per heavy atom. The summed E-state index contributed by atoms with van der Waals surface area (Å²) in [6, 6.07) is 19.0. The highest BCUT2D eigenvalue weighted by atomic mass is 35.5. The summed E-state index contributed by atoms with van der Waals surface area (Å²) in [4.78, 5) is 22.5. The summed E-state index contributed by atoms with van der Waals surface area (Å²) in [7, 11) is 1.62. The maximum atomic E-state index is 11.6. The molecule has 0 unspecified atom stereocenters. The number of hydrogen-bond donors (Lipinski definition) is 1. The summed E-state index contributed by atoms with van der Waals surface area (Å²) >= 11 is 8.57. The van der Waals surface area contributed by atoms with E-state index in [1.165, 1.54) is 30.0 Å². The zero-order valence-corrected chi connectivity index (χ0v) is 20.2. The third kappa shape index (κ3) is 4.19. The molecule has 0 aromatic heterocycles. The maximum Gasteiger partial charge on any atom is 0.282 e. The average molecular weight is 512 g/mol. The lowest BCUT2D eigenvalue weighted by atomic mass is 9.77.